The predicted molar refractivity (Wildman–Crippen MR) is 51.4 cm³/mol. The van der Waals surface area contributed by atoms with Crippen LogP contribution in [0.15, 0.2) is 0 Å². The highest BCUT2D eigenvalue weighted by Gasteiger charge is 2.24. The molecule has 1 amide bonds. The van der Waals surface area contributed by atoms with Crippen LogP contribution in [0.1, 0.15) is 25.7 Å². The maximum atomic E-state index is 10.6. The molecular formula is C10H18N2O. The number of rotatable bonds is 5. The molecule has 1 heterocycles. The van der Waals surface area contributed by atoms with Gasteiger partial charge in [-0.2, -0.15) is 0 Å². The van der Waals surface area contributed by atoms with E-state index in [4.69, 9.17) is 0 Å². The molecule has 0 unspecified atom stereocenters. The summed E-state index contributed by atoms with van der Waals surface area (Å²) in [6.45, 7) is 3.11. The van der Waals surface area contributed by atoms with Crippen LogP contribution in [0.4, 0.5) is 0 Å². The van der Waals surface area contributed by atoms with E-state index in [1.807, 2.05) is 4.90 Å². The highest BCUT2D eigenvalue weighted by atomic mass is 16.1. The van der Waals surface area contributed by atoms with Crippen molar-refractivity contribution in [3.05, 3.63) is 0 Å². The number of carbonyl (C=O) groups excluding carboxylic acids is 1. The fourth-order valence-corrected chi connectivity index (χ4v) is 1.99. The lowest BCUT2D eigenvalue weighted by molar-refractivity contribution is -0.118. The lowest BCUT2D eigenvalue weighted by Crippen LogP contribution is -2.37. The van der Waals surface area contributed by atoms with Gasteiger partial charge in [0.25, 0.3) is 0 Å². The molecule has 0 bridgehead atoms. The molecular weight excluding hydrogens is 164 g/mol. The van der Waals surface area contributed by atoms with E-state index >= 15 is 0 Å². The van der Waals surface area contributed by atoms with E-state index in [0.29, 0.717) is 6.04 Å². The summed E-state index contributed by atoms with van der Waals surface area (Å²) >= 11 is 0. The first-order valence-corrected chi connectivity index (χ1v) is 5.32. The molecule has 0 spiro atoms. The van der Waals surface area contributed by atoms with Gasteiger partial charge in [0.2, 0.25) is 6.41 Å². The highest BCUT2D eigenvalue weighted by Crippen LogP contribution is 2.27. The Hall–Kier alpha value is -0.570. The van der Waals surface area contributed by atoms with Gasteiger partial charge in [-0.25, -0.2) is 0 Å². The van der Waals surface area contributed by atoms with Gasteiger partial charge >= 0.3 is 0 Å². The van der Waals surface area contributed by atoms with Crippen molar-refractivity contribution in [2.75, 3.05) is 19.6 Å². The van der Waals surface area contributed by atoms with Crippen LogP contribution in [0, 0.1) is 5.92 Å². The Morgan fingerprint density at radius 3 is 2.85 bits per heavy atom. The minimum Gasteiger partial charge on any atom is -0.341 e. The molecule has 3 nitrogen and oxygen atoms in total. The first kappa shape index (κ1) is 9.00. The van der Waals surface area contributed by atoms with Crippen molar-refractivity contribution in [2.24, 2.45) is 5.92 Å². The number of nitrogens with zero attached hydrogens (tertiary/aromatic N) is 1. The van der Waals surface area contributed by atoms with E-state index in [0.717, 1.165) is 32.0 Å². The lowest BCUT2D eigenvalue weighted by Gasteiger charge is -2.20. The summed E-state index contributed by atoms with van der Waals surface area (Å²) in [6, 6.07) is 0.469. The zero-order valence-corrected chi connectivity index (χ0v) is 8.04. The van der Waals surface area contributed by atoms with Crippen LogP contribution < -0.4 is 5.32 Å². The van der Waals surface area contributed by atoms with Crippen LogP contribution in [-0.4, -0.2) is 37.0 Å². The maximum Gasteiger partial charge on any atom is 0.209 e. The average Bonchev–Trinajstić information content (AvgIpc) is 2.84. The number of carbonyl (C=O) groups is 1. The molecule has 13 heavy (non-hydrogen) atoms. The predicted octanol–water partition coefficient (Wildman–Crippen LogP) is 0.607. The maximum absolute atomic E-state index is 10.6. The minimum atomic E-state index is 0.469. The van der Waals surface area contributed by atoms with Crippen molar-refractivity contribution in [3.63, 3.8) is 0 Å². The van der Waals surface area contributed by atoms with Gasteiger partial charge in [-0.05, 0) is 38.1 Å². The Kier molecular flexibility index (Phi) is 2.83. The summed E-state index contributed by atoms with van der Waals surface area (Å²) in [4.78, 5) is 12.6. The summed E-state index contributed by atoms with van der Waals surface area (Å²) in [6.07, 6.45) is 6.14. The van der Waals surface area contributed by atoms with Crippen LogP contribution >= 0.6 is 0 Å². The van der Waals surface area contributed by atoms with Crippen LogP contribution in [0.25, 0.3) is 0 Å². The normalized spacial score (nSPS) is 28.0. The summed E-state index contributed by atoms with van der Waals surface area (Å²) in [5, 5.41) is 3.45. The van der Waals surface area contributed by atoms with Crippen LogP contribution in [-0.2, 0) is 4.79 Å². The van der Waals surface area contributed by atoms with Crippen molar-refractivity contribution in [1.29, 1.82) is 0 Å². The first-order chi connectivity index (χ1) is 6.40. The van der Waals surface area contributed by atoms with E-state index in [9.17, 15) is 4.79 Å². The SMILES string of the molecule is O=CN1CCC[C@@H]1CNCC1CC1. The number of hydrogen-bond acceptors (Lipinski definition) is 2. The van der Waals surface area contributed by atoms with Crippen LogP contribution in [0.2, 0.25) is 0 Å². The number of hydrogen-bond donors (Lipinski definition) is 1. The molecule has 0 aromatic carbocycles. The van der Waals surface area contributed by atoms with Gasteiger partial charge in [0, 0.05) is 19.1 Å². The molecule has 1 aliphatic carbocycles. The Morgan fingerprint density at radius 1 is 1.31 bits per heavy atom. The van der Waals surface area contributed by atoms with Crippen molar-refractivity contribution in [1.82, 2.24) is 10.2 Å². The van der Waals surface area contributed by atoms with Crippen molar-refractivity contribution < 1.29 is 4.79 Å². The third-order valence-electron chi connectivity index (χ3n) is 3.07. The Labute approximate surface area is 79.5 Å². The van der Waals surface area contributed by atoms with Gasteiger partial charge in [0.1, 0.15) is 0 Å². The monoisotopic (exact) mass is 182 g/mol. The first-order valence-electron chi connectivity index (χ1n) is 5.32. The second-order valence-corrected chi connectivity index (χ2v) is 4.24. The van der Waals surface area contributed by atoms with E-state index in [-0.39, 0.29) is 0 Å². The third kappa shape index (κ3) is 2.44. The minimum absolute atomic E-state index is 0.469. The van der Waals surface area contributed by atoms with E-state index in [2.05, 4.69) is 5.32 Å². The molecule has 2 rings (SSSR count). The topological polar surface area (TPSA) is 32.3 Å². The zero-order valence-electron chi connectivity index (χ0n) is 8.04. The third-order valence-corrected chi connectivity index (χ3v) is 3.07. The largest absolute Gasteiger partial charge is 0.341 e. The van der Waals surface area contributed by atoms with Gasteiger partial charge in [-0.3, -0.25) is 4.79 Å². The smallest absolute Gasteiger partial charge is 0.209 e. The van der Waals surface area contributed by atoms with Crippen LogP contribution in [0.5, 0.6) is 0 Å². The summed E-state index contributed by atoms with van der Waals surface area (Å²) in [7, 11) is 0. The standard InChI is InChI=1S/C10H18N2O/c13-8-12-5-1-2-10(12)7-11-6-9-3-4-9/h8-11H,1-7H2/t10-/m1/s1. The van der Waals surface area contributed by atoms with Crippen molar-refractivity contribution >= 4 is 6.41 Å². The quantitative estimate of drug-likeness (QED) is 0.632. The molecule has 2 aliphatic rings. The van der Waals surface area contributed by atoms with Crippen LogP contribution in [0.3, 0.4) is 0 Å². The number of amides is 1. The fourth-order valence-electron chi connectivity index (χ4n) is 1.99. The van der Waals surface area contributed by atoms with Crippen molar-refractivity contribution in [2.45, 2.75) is 31.7 Å². The Bertz CT molecular complexity index is 180. The van der Waals surface area contributed by atoms with E-state index in [1.54, 1.807) is 0 Å². The zero-order chi connectivity index (χ0) is 9.10. The molecule has 1 N–H and O–H groups in total. The summed E-state index contributed by atoms with van der Waals surface area (Å²) < 4.78 is 0. The lowest BCUT2D eigenvalue weighted by atomic mass is 10.2. The second kappa shape index (κ2) is 4.09. The van der Waals surface area contributed by atoms with Gasteiger partial charge in [0.15, 0.2) is 0 Å². The molecule has 2 fully saturated rings. The van der Waals surface area contributed by atoms with Crippen molar-refractivity contribution in [3.8, 4) is 0 Å². The Morgan fingerprint density at radius 2 is 2.15 bits per heavy atom. The molecule has 0 aromatic heterocycles. The fraction of sp³-hybridized carbons (Fsp3) is 0.900. The summed E-state index contributed by atoms with van der Waals surface area (Å²) in [5.41, 5.74) is 0. The molecule has 1 aliphatic heterocycles. The highest BCUT2D eigenvalue weighted by molar-refractivity contribution is 5.48. The van der Waals surface area contributed by atoms with Gasteiger partial charge in [-0.15, -0.1) is 0 Å². The second-order valence-electron chi connectivity index (χ2n) is 4.24. The molecule has 1 saturated heterocycles. The van der Waals surface area contributed by atoms with E-state index < -0.39 is 0 Å². The van der Waals surface area contributed by atoms with Gasteiger partial charge < -0.3 is 10.2 Å². The van der Waals surface area contributed by atoms with E-state index in [1.165, 1.54) is 25.7 Å². The molecule has 1 saturated carbocycles. The van der Waals surface area contributed by atoms with Gasteiger partial charge in [-0.1, -0.05) is 0 Å². The molecule has 74 valence electrons. The molecule has 0 radical (unpaired) electrons. The summed E-state index contributed by atoms with van der Waals surface area (Å²) in [5.74, 6) is 0.936. The number of likely N-dealkylation sites (tertiary alicyclic amines) is 1. The average molecular weight is 182 g/mol. The Balaban J connectivity index is 1.64. The molecule has 0 aromatic rings. The molecule has 1 atom stereocenters. The number of nitrogens with one attached hydrogen (secondary N) is 1. The van der Waals surface area contributed by atoms with Gasteiger partial charge in [0.05, 0.1) is 0 Å². The molecule has 3 heteroatoms.